The molecule has 1 heterocycles. The van der Waals surface area contributed by atoms with Gasteiger partial charge in [-0.25, -0.2) is 0 Å². The SMILES string of the molecule is CCOc1nc(Cl)nc(NCC(C)N(C)C2CC2)n1. The van der Waals surface area contributed by atoms with Crippen LogP contribution >= 0.6 is 11.6 Å². The number of aromatic nitrogens is 3. The third kappa shape index (κ3) is 4.18. The minimum Gasteiger partial charge on any atom is -0.464 e. The Morgan fingerprint density at radius 2 is 2.16 bits per heavy atom. The number of nitrogens with zero attached hydrogens (tertiary/aromatic N) is 4. The molecule has 19 heavy (non-hydrogen) atoms. The van der Waals surface area contributed by atoms with Crippen molar-refractivity contribution in [2.75, 3.05) is 25.5 Å². The molecule has 1 aliphatic carbocycles. The molecule has 0 radical (unpaired) electrons. The molecule has 1 saturated carbocycles. The Morgan fingerprint density at radius 1 is 1.42 bits per heavy atom. The lowest BCUT2D eigenvalue weighted by molar-refractivity contribution is 0.257. The summed E-state index contributed by atoms with van der Waals surface area (Å²) in [5.41, 5.74) is 0. The predicted molar refractivity (Wildman–Crippen MR) is 74.7 cm³/mol. The number of anilines is 1. The average Bonchev–Trinajstić information content (AvgIpc) is 3.19. The molecule has 0 aliphatic heterocycles. The standard InChI is InChI=1S/C12H20ClN5O/c1-4-19-12-16-10(13)15-11(17-12)14-7-8(2)18(3)9-5-6-9/h8-9H,4-7H2,1-3H3,(H,14,15,16,17). The van der Waals surface area contributed by atoms with E-state index in [1.165, 1.54) is 12.8 Å². The fraction of sp³-hybridized carbons (Fsp3) is 0.750. The van der Waals surface area contributed by atoms with E-state index in [1.807, 2.05) is 6.92 Å². The van der Waals surface area contributed by atoms with Crippen LogP contribution in [0.15, 0.2) is 0 Å². The summed E-state index contributed by atoms with van der Waals surface area (Å²) in [5.74, 6) is 0.458. The van der Waals surface area contributed by atoms with Gasteiger partial charge in [-0.1, -0.05) is 0 Å². The van der Waals surface area contributed by atoms with Crippen LogP contribution in [0.2, 0.25) is 5.28 Å². The predicted octanol–water partition coefficient (Wildman–Crippen LogP) is 1.82. The van der Waals surface area contributed by atoms with Gasteiger partial charge in [0.2, 0.25) is 11.2 Å². The lowest BCUT2D eigenvalue weighted by Gasteiger charge is -2.24. The molecule has 0 aromatic carbocycles. The Labute approximate surface area is 118 Å². The lowest BCUT2D eigenvalue weighted by Crippen LogP contribution is -2.36. The van der Waals surface area contributed by atoms with Crippen LogP contribution in [0, 0.1) is 0 Å². The Kier molecular flexibility index (Phi) is 4.76. The highest BCUT2D eigenvalue weighted by Gasteiger charge is 2.28. The maximum atomic E-state index is 5.83. The molecule has 0 amide bonds. The van der Waals surface area contributed by atoms with Crippen LogP contribution in [0.4, 0.5) is 5.95 Å². The molecule has 106 valence electrons. The minimum atomic E-state index is 0.143. The number of likely N-dealkylation sites (N-methyl/N-ethyl adjacent to an activating group) is 1. The molecular formula is C12H20ClN5O. The summed E-state index contributed by atoms with van der Waals surface area (Å²) in [6, 6.07) is 1.41. The molecule has 2 rings (SSSR count). The molecule has 0 bridgehead atoms. The zero-order valence-electron chi connectivity index (χ0n) is 11.6. The molecule has 1 aliphatic rings. The van der Waals surface area contributed by atoms with E-state index in [-0.39, 0.29) is 11.3 Å². The first-order chi connectivity index (χ1) is 9.10. The van der Waals surface area contributed by atoms with Gasteiger partial charge in [0.25, 0.3) is 0 Å². The first-order valence-corrected chi connectivity index (χ1v) is 6.98. The maximum absolute atomic E-state index is 5.83. The molecule has 1 unspecified atom stereocenters. The minimum absolute atomic E-state index is 0.143. The van der Waals surface area contributed by atoms with Gasteiger partial charge in [0.15, 0.2) is 0 Å². The van der Waals surface area contributed by atoms with Crippen LogP contribution in [0.5, 0.6) is 6.01 Å². The van der Waals surface area contributed by atoms with Gasteiger partial charge in [0.05, 0.1) is 6.61 Å². The molecule has 1 fully saturated rings. The first kappa shape index (κ1) is 14.3. The van der Waals surface area contributed by atoms with Gasteiger partial charge in [0, 0.05) is 18.6 Å². The van der Waals surface area contributed by atoms with Gasteiger partial charge >= 0.3 is 6.01 Å². The van der Waals surface area contributed by atoms with E-state index in [0.717, 1.165) is 12.6 Å². The number of ether oxygens (including phenoxy) is 1. The highest BCUT2D eigenvalue weighted by Crippen LogP contribution is 2.26. The molecule has 1 aromatic rings. The van der Waals surface area contributed by atoms with Gasteiger partial charge in [-0.05, 0) is 45.3 Å². The molecule has 1 N–H and O–H groups in total. The zero-order valence-corrected chi connectivity index (χ0v) is 12.3. The number of hydrogen-bond acceptors (Lipinski definition) is 6. The topological polar surface area (TPSA) is 63.2 Å². The Morgan fingerprint density at radius 3 is 2.79 bits per heavy atom. The zero-order chi connectivity index (χ0) is 13.8. The fourth-order valence-corrected chi connectivity index (χ4v) is 1.98. The van der Waals surface area contributed by atoms with Crippen molar-refractivity contribution < 1.29 is 4.74 Å². The van der Waals surface area contributed by atoms with Crippen molar-refractivity contribution in [1.29, 1.82) is 0 Å². The van der Waals surface area contributed by atoms with E-state index in [1.54, 1.807) is 0 Å². The largest absolute Gasteiger partial charge is 0.464 e. The highest BCUT2D eigenvalue weighted by atomic mass is 35.5. The summed E-state index contributed by atoms with van der Waals surface area (Å²) < 4.78 is 5.23. The molecule has 6 nitrogen and oxygen atoms in total. The monoisotopic (exact) mass is 285 g/mol. The van der Waals surface area contributed by atoms with E-state index >= 15 is 0 Å². The van der Waals surface area contributed by atoms with Crippen molar-refractivity contribution in [3.05, 3.63) is 5.28 Å². The van der Waals surface area contributed by atoms with Crippen LogP contribution in [0.3, 0.4) is 0 Å². The normalized spacial score (nSPS) is 16.5. The Hall–Kier alpha value is -1.14. The smallest absolute Gasteiger partial charge is 0.322 e. The molecule has 0 saturated heterocycles. The third-order valence-electron chi connectivity index (χ3n) is 3.23. The van der Waals surface area contributed by atoms with Crippen LogP contribution in [0.25, 0.3) is 0 Å². The van der Waals surface area contributed by atoms with Crippen molar-refractivity contribution in [3.63, 3.8) is 0 Å². The van der Waals surface area contributed by atoms with Crippen LogP contribution in [0.1, 0.15) is 26.7 Å². The van der Waals surface area contributed by atoms with E-state index < -0.39 is 0 Å². The van der Waals surface area contributed by atoms with E-state index in [0.29, 0.717) is 18.6 Å². The quantitative estimate of drug-likeness (QED) is 0.824. The Bertz CT molecular complexity index is 427. The second-order valence-electron chi connectivity index (χ2n) is 4.77. The van der Waals surface area contributed by atoms with Crippen LogP contribution in [-0.2, 0) is 0 Å². The summed E-state index contributed by atoms with van der Waals surface area (Å²) in [7, 11) is 2.15. The van der Waals surface area contributed by atoms with E-state index in [9.17, 15) is 0 Å². The van der Waals surface area contributed by atoms with Crippen molar-refractivity contribution in [2.45, 2.75) is 38.8 Å². The highest BCUT2D eigenvalue weighted by molar-refractivity contribution is 6.28. The van der Waals surface area contributed by atoms with E-state index in [4.69, 9.17) is 16.3 Å². The third-order valence-corrected chi connectivity index (χ3v) is 3.40. The van der Waals surface area contributed by atoms with Gasteiger partial charge in [0.1, 0.15) is 0 Å². The molecular weight excluding hydrogens is 266 g/mol. The number of hydrogen-bond donors (Lipinski definition) is 1. The molecule has 0 spiro atoms. The van der Waals surface area contributed by atoms with Gasteiger partial charge in [-0.2, -0.15) is 15.0 Å². The summed E-state index contributed by atoms with van der Waals surface area (Å²) >= 11 is 5.83. The fourth-order valence-electron chi connectivity index (χ4n) is 1.83. The number of halogens is 1. The van der Waals surface area contributed by atoms with Crippen LogP contribution < -0.4 is 10.1 Å². The average molecular weight is 286 g/mol. The van der Waals surface area contributed by atoms with Crippen molar-refractivity contribution in [2.24, 2.45) is 0 Å². The molecule has 7 heteroatoms. The summed E-state index contributed by atoms with van der Waals surface area (Å²) in [5, 5.41) is 3.32. The van der Waals surface area contributed by atoms with Crippen molar-refractivity contribution in [1.82, 2.24) is 19.9 Å². The van der Waals surface area contributed by atoms with Gasteiger partial charge in [-0.15, -0.1) is 0 Å². The second kappa shape index (κ2) is 6.34. The molecule has 1 atom stereocenters. The van der Waals surface area contributed by atoms with Gasteiger partial charge < -0.3 is 10.1 Å². The van der Waals surface area contributed by atoms with Gasteiger partial charge in [-0.3, -0.25) is 4.90 Å². The van der Waals surface area contributed by atoms with Crippen LogP contribution in [-0.4, -0.2) is 52.1 Å². The number of nitrogens with one attached hydrogen (secondary N) is 1. The van der Waals surface area contributed by atoms with Crippen molar-refractivity contribution >= 4 is 17.5 Å². The lowest BCUT2D eigenvalue weighted by atomic mass is 10.3. The summed E-state index contributed by atoms with van der Waals surface area (Å²) in [6.07, 6.45) is 2.60. The van der Waals surface area contributed by atoms with Crippen molar-refractivity contribution in [3.8, 4) is 6.01 Å². The Balaban J connectivity index is 1.90. The summed E-state index contributed by atoms with van der Waals surface area (Å²) in [4.78, 5) is 14.5. The maximum Gasteiger partial charge on any atom is 0.322 e. The molecule has 1 aromatic heterocycles. The van der Waals surface area contributed by atoms with E-state index in [2.05, 4.69) is 39.1 Å². The number of rotatable bonds is 7. The summed E-state index contributed by atoms with van der Waals surface area (Å²) in [6.45, 7) is 5.31. The first-order valence-electron chi connectivity index (χ1n) is 6.60. The second-order valence-corrected chi connectivity index (χ2v) is 5.11.